The summed E-state index contributed by atoms with van der Waals surface area (Å²) in [5.74, 6) is 0.0804. The van der Waals surface area contributed by atoms with Gasteiger partial charge in [0.25, 0.3) is 5.91 Å². The van der Waals surface area contributed by atoms with Crippen LogP contribution in [-0.4, -0.2) is 18.1 Å². The fourth-order valence-electron chi connectivity index (χ4n) is 1.62. The number of aromatic hydroxyl groups is 1. The number of para-hydroxylation sites is 1. The summed E-state index contributed by atoms with van der Waals surface area (Å²) in [6.45, 7) is 0. The van der Waals surface area contributed by atoms with E-state index < -0.39 is 0 Å². The van der Waals surface area contributed by atoms with Crippen LogP contribution in [0.4, 0.5) is 5.69 Å². The highest BCUT2D eigenvalue weighted by Crippen LogP contribution is 2.27. The molecule has 0 spiro atoms. The summed E-state index contributed by atoms with van der Waals surface area (Å²) in [7, 11) is 1.50. The number of amides is 1. The summed E-state index contributed by atoms with van der Waals surface area (Å²) < 4.78 is 5.12. The summed E-state index contributed by atoms with van der Waals surface area (Å²) in [6, 6.07) is 11.4. The van der Waals surface area contributed by atoms with Crippen molar-refractivity contribution in [3.8, 4) is 11.5 Å². The van der Waals surface area contributed by atoms with Gasteiger partial charge in [-0.05, 0) is 24.3 Å². The monoisotopic (exact) mass is 277 g/mol. The minimum absolute atomic E-state index is 0.0838. The predicted molar refractivity (Wildman–Crippen MR) is 74.1 cm³/mol. The second-order valence-electron chi connectivity index (χ2n) is 3.82. The molecule has 0 bridgehead atoms. The molecule has 0 aliphatic carbocycles. The minimum atomic E-state index is -0.320. The van der Waals surface area contributed by atoms with Gasteiger partial charge in [-0.2, -0.15) is 0 Å². The lowest BCUT2D eigenvalue weighted by Gasteiger charge is -2.09. The zero-order valence-electron chi connectivity index (χ0n) is 10.2. The highest BCUT2D eigenvalue weighted by atomic mass is 35.5. The van der Waals surface area contributed by atoms with Crippen LogP contribution < -0.4 is 10.1 Å². The van der Waals surface area contributed by atoms with Crippen LogP contribution in [0.3, 0.4) is 0 Å². The van der Waals surface area contributed by atoms with Crippen molar-refractivity contribution in [3.63, 3.8) is 0 Å². The van der Waals surface area contributed by atoms with Gasteiger partial charge >= 0.3 is 0 Å². The molecule has 0 aromatic heterocycles. The van der Waals surface area contributed by atoms with E-state index in [0.717, 1.165) is 0 Å². The van der Waals surface area contributed by atoms with Gasteiger partial charge in [-0.25, -0.2) is 0 Å². The molecule has 4 nitrogen and oxygen atoms in total. The van der Waals surface area contributed by atoms with Crippen LogP contribution in [0.15, 0.2) is 42.5 Å². The summed E-state index contributed by atoms with van der Waals surface area (Å²) in [5.41, 5.74) is 0.872. The highest BCUT2D eigenvalue weighted by molar-refractivity contribution is 6.32. The van der Waals surface area contributed by atoms with Crippen LogP contribution in [-0.2, 0) is 0 Å². The molecule has 0 fully saturated rings. The third-order valence-electron chi connectivity index (χ3n) is 2.56. The van der Waals surface area contributed by atoms with Crippen LogP contribution in [0.1, 0.15) is 10.4 Å². The zero-order valence-corrected chi connectivity index (χ0v) is 10.9. The average Bonchev–Trinajstić information content (AvgIpc) is 2.43. The van der Waals surface area contributed by atoms with Gasteiger partial charge in [-0.15, -0.1) is 0 Å². The maximum Gasteiger partial charge on any atom is 0.259 e. The number of methoxy groups -OCH3 is 1. The van der Waals surface area contributed by atoms with Crippen molar-refractivity contribution >= 4 is 23.2 Å². The smallest absolute Gasteiger partial charge is 0.259 e. The first kappa shape index (κ1) is 13.2. The third-order valence-corrected chi connectivity index (χ3v) is 2.88. The Kier molecular flexibility index (Phi) is 3.92. The second-order valence-corrected chi connectivity index (χ2v) is 4.23. The number of carbonyl (C=O) groups is 1. The molecule has 0 saturated carbocycles. The standard InChI is InChI=1S/C14H12ClNO3/c1-19-13-5-3-2-4-10(13)14(18)16-9-6-7-11(15)12(17)8-9/h2-8,17H,1H3,(H,16,18). The van der Waals surface area contributed by atoms with Crippen molar-refractivity contribution in [2.24, 2.45) is 0 Å². The van der Waals surface area contributed by atoms with Gasteiger partial charge in [0.1, 0.15) is 11.5 Å². The van der Waals surface area contributed by atoms with Crippen molar-refractivity contribution < 1.29 is 14.6 Å². The minimum Gasteiger partial charge on any atom is -0.506 e. The SMILES string of the molecule is COc1ccccc1C(=O)Nc1ccc(Cl)c(O)c1. The van der Waals surface area contributed by atoms with Crippen LogP contribution in [0, 0.1) is 0 Å². The Hall–Kier alpha value is -2.20. The number of hydrogen-bond acceptors (Lipinski definition) is 3. The molecule has 0 radical (unpaired) electrons. The zero-order chi connectivity index (χ0) is 13.8. The molecule has 0 atom stereocenters. The topological polar surface area (TPSA) is 58.6 Å². The molecule has 0 aliphatic rings. The Bertz CT molecular complexity index is 613. The van der Waals surface area contributed by atoms with Crippen molar-refractivity contribution in [2.45, 2.75) is 0 Å². The van der Waals surface area contributed by atoms with E-state index in [2.05, 4.69) is 5.32 Å². The molecule has 2 aromatic carbocycles. The molecule has 2 N–H and O–H groups in total. The number of benzene rings is 2. The number of halogens is 1. The first-order valence-electron chi connectivity index (χ1n) is 5.54. The van der Waals surface area contributed by atoms with E-state index in [1.54, 1.807) is 30.3 Å². The number of hydrogen-bond donors (Lipinski definition) is 2. The Balaban J connectivity index is 2.23. The second kappa shape index (κ2) is 5.63. The van der Waals surface area contributed by atoms with E-state index in [-0.39, 0.29) is 16.7 Å². The van der Waals surface area contributed by atoms with E-state index in [4.69, 9.17) is 16.3 Å². The molecular weight excluding hydrogens is 266 g/mol. The summed E-state index contributed by atoms with van der Waals surface area (Å²) in [5, 5.41) is 12.4. The quantitative estimate of drug-likeness (QED) is 0.905. The third kappa shape index (κ3) is 2.98. The lowest BCUT2D eigenvalue weighted by Crippen LogP contribution is -2.12. The number of carbonyl (C=O) groups excluding carboxylic acids is 1. The van der Waals surface area contributed by atoms with Crippen molar-refractivity contribution in [1.29, 1.82) is 0 Å². The molecule has 0 aliphatic heterocycles. The van der Waals surface area contributed by atoms with Gasteiger partial charge in [0.05, 0.1) is 17.7 Å². The maximum atomic E-state index is 12.1. The van der Waals surface area contributed by atoms with E-state index >= 15 is 0 Å². The molecule has 5 heteroatoms. The molecule has 0 unspecified atom stereocenters. The number of nitrogens with one attached hydrogen (secondary N) is 1. The Labute approximate surface area is 115 Å². The van der Waals surface area contributed by atoms with Crippen LogP contribution >= 0.6 is 11.6 Å². The van der Waals surface area contributed by atoms with E-state index in [1.165, 1.54) is 19.2 Å². The average molecular weight is 278 g/mol. The summed E-state index contributed by atoms with van der Waals surface area (Å²) in [4.78, 5) is 12.1. The van der Waals surface area contributed by atoms with Crippen LogP contribution in [0.25, 0.3) is 0 Å². The van der Waals surface area contributed by atoms with Crippen molar-refractivity contribution in [2.75, 3.05) is 12.4 Å². The van der Waals surface area contributed by atoms with E-state index in [9.17, 15) is 9.90 Å². The van der Waals surface area contributed by atoms with Gasteiger partial charge in [0, 0.05) is 11.8 Å². The van der Waals surface area contributed by atoms with Gasteiger partial charge < -0.3 is 15.2 Å². The highest BCUT2D eigenvalue weighted by Gasteiger charge is 2.12. The molecule has 0 saturated heterocycles. The Morgan fingerprint density at radius 2 is 2.00 bits per heavy atom. The lowest BCUT2D eigenvalue weighted by molar-refractivity contribution is 0.102. The molecule has 98 valence electrons. The largest absolute Gasteiger partial charge is 0.506 e. The molecule has 2 aromatic rings. The number of rotatable bonds is 3. The summed E-state index contributed by atoms with van der Waals surface area (Å²) in [6.07, 6.45) is 0. The fourth-order valence-corrected chi connectivity index (χ4v) is 1.74. The van der Waals surface area contributed by atoms with Crippen molar-refractivity contribution in [3.05, 3.63) is 53.1 Å². The summed E-state index contributed by atoms with van der Waals surface area (Å²) >= 11 is 5.70. The number of phenolic OH excluding ortho intramolecular Hbond substituents is 1. The molecular formula is C14H12ClNO3. The fraction of sp³-hybridized carbons (Fsp3) is 0.0714. The number of ether oxygens (including phenoxy) is 1. The van der Waals surface area contributed by atoms with Crippen molar-refractivity contribution in [1.82, 2.24) is 0 Å². The van der Waals surface area contributed by atoms with Gasteiger partial charge in [0.2, 0.25) is 0 Å². The first-order chi connectivity index (χ1) is 9.11. The van der Waals surface area contributed by atoms with Gasteiger partial charge in [-0.3, -0.25) is 4.79 Å². The predicted octanol–water partition coefficient (Wildman–Crippen LogP) is 3.31. The van der Waals surface area contributed by atoms with Gasteiger partial charge in [0.15, 0.2) is 0 Å². The van der Waals surface area contributed by atoms with Crippen LogP contribution in [0.5, 0.6) is 11.5 Å². The molecule has 2 rings (SSSR count). The van der Waals surface area contributed by atoms with Crippen LogP contribution in [0.2, 0.25) is 5.02 Å². The molecule has 1 amide bonds. The maximum absolute atomic E-state index is 12.1. The first-order valence-corrected chi connectivity index (χ1v) is 5.92. The lowest BCUT2D eigenvalue weighted by atomic mass is 10.2. The Morgan fingerprint density at radius 1 is 1.26 bits per heavy atom. The molecule has 19 heavy (non-hydrogen) atoms. The van der Waals surface area contributed by atoms with E-state index in [0.29, 0.717) is 17.0 Å². The number of anilines is 1. The Morgan fingerprint density at radius 3 is 2.68 bits per heavy atom. The van der Waals surface area contributed by atoms with Gasteiger partial charge in [-0.1, -0.05) is 23.7 Å². The molecule has 0 heterocycles. The van der Waals surface area contributed by atoms with E-state index in [1.807, 2.05) is 0 Å². The number of phenols is 1. The normalized spacial score (nSPS) is 10.0.